The quantitative estimate of drug-likeness (QED) is 0.807. The Morgan fingerprint density at radius 1 is 1.59 bits per heavy atom. The molecule has 6 heteroatoms. The zero-order valence-electron chi connectivity index (χ0n) is 10.5. The Labute approximate surface area is 104 Å². The molecule has 0 radical (unpaired) electrons. The average molecular weight is 259 g/mol. The third kappa shape index (κ3) is 4.26. The normalized spacial score (nSPS) is 24.2. The van der Waals surface area contributed by atoms with Crippen molar-refractivity contribution in [2.45, 2.75) is 45.6 Å². The van der Waals surface area contributed by atoms with Gasteiger partial charge >= 0.3 is 0 Å². The summed E-state index contributed by atoms with van der Waals surface area (Å²) in [4.78, 5) is 0. The Kier molecular flexibility index (Phi) is 5.37. The summed E-state index contributed by atoms with van der Waals surface area (Å²) >= 11 is 0. The molecule has 0 saturated carbocycles. The molecular weight excluding hydrogens is 238 g/mol. The molecule has 17 heavy (non-hydrogen) atoms. The molecular formula is C11H21N3O2S. The van der Waals surface area contributed by atoms with Crippen LogP contribution in [0.25, 0.3) is 0 Å². The van der Waals surface area contributed by atoms with E-state index >= 15 is 0 Å². The fourth-order valence-corrected chi connectivity index (χ4v) is 3.67. The highest BCUT2D eigenvalue weighted by Crippen LogP contribution is 2.18. The van der Waals surface area contributed by atoms with E-state index in [1.807, 2.05) is 13.0 Å². The first-order chi connectivity index (χ1) is 7.99. The van der Waals surface area contributed by atoms with Crippen molar-refractivity contribution in [1.29, 1.82) is 5.26 Å². The van der Waals surface area contributed by atoms with Crippen LogP contribution in [0.1, 0.15) is 39.5 Å². The van der Waals surface area contributed by atoms with E-state index in [1.54, 1.807) is 0 Å². The summed E-state index contributed by atoms with van der Waals surface area (Å²) in [5.41, 5.74) is 0. The van der Waals surface area contributed by atoms with E-state index in [0.717, 1.165) is 12.8 Å². The van der Waals surface area contributed by atoms with Gasteiger partial charge in [-0.1, -0.05) is 13.8 Å². The minimum atomic E-state index is -3.42. The Bertz CT molecular complexity index is 375. The van der Waals surface area contributed by atoms with Crippen LogP contribution < -0.4 is 4.72 Å². The molecule has 0 aromatic heterocycles. The van der Waals surface area contributed by atoms with Gasteiger partial charge in [-0.3, -0.25) is 0 Å². The molecule has 0 spiro atoms. The third-order valence-corrected chi connectivity index (χ3v) is 4.75. The standard InChI is InChI=1S/C11H21N3O2S/c1-3-11(6-7-12)13-17(15,16)14-8-4-5-10(2)9-14/h10-11,13H,3-6,8-9H2,1-2H3. The van der Waals surface area contributed by atoms with Gasteiger partial charge in [0, 0.05) is 19.1 Å². The SMILES string of the molecule is CCC(CC#N)NS(=O)(=O)N1CCCC(C)C1. The van der Waals surface area contributed by atoms with Gasteiger partial charge in [-0.05, 0) is 25.2 Å². The summed E-state index contributed by atoms with van der Waals surface area (Å²) in [6, 6.07) is 1.73. The van der Waals surface area contributed by atoms with Crippen molar-refractivity contribution in [3.8, 4) is 6.07 Å². The lowest BCUT2D eigenvalue weighted by atomic mass is 10.0. The van der Waals surface area contributed by atoms with Crippen molar-refractivity contribution < 1.29 is 8.42 Å². The van der Waals surface area contributed by atoms with Crippen LogP contribution in [0.5, 0.6) is 0 Å². The Balaban J connectivity index is 2.64. The monoisotopic (exact) mass is 259 g/mol. The first-order valence-electron chi connectivity index (χ1n) is 6.14. The van der Waals surface area contributed by atoms with E-state index in [-0.39, 0.29) is 12.5 Å². The molecule has 1 aliphatic heterocycles. The molecule has 0 aromatic carbocycles. The molecule has 0 bridgehead atoms. The van der Waals surface area contributed by atoms with Crippen LogP contribution in [0.4, 0.5) is 0 Å². The van der Waals surface area contributed by atoms with E-state index in [1.165, 1.54) is 4.31 Å². The second-order valence-corrected chi connectivity index (χ2v) is 6.40. The van der Waals surface area contributed by atoms with Crippen LogP contribution in [0.2, 0.25) is 0 Å². The predicted octanol–water partition coefficient (Wildman–Crippen LogP) is 1.24. The third-order valence-electron chi connectivity index (χ3n) is 3.11. The van der Waals surface area contributed by atoms with E-state index in [0.29, 0.717) is 25.4 Å². The number of nitrogens with zero attached hydrogens (tertiary/aromatic N) is 2. The van der Waals surface area contributed by atoms with Crippen LogP contribution >= 0.6 is 0 Å². The number of hydrogen-bond acceptors (Lipinski definition) is 3. The fraction of sp³-hybridized carbons (Fsp3) is 0.909. The Morgan fingerprint density at radius 3 is 2.82 bits per heavy atom. The van der Waals surface area contributed by atoms with Gasteiger partial charge < -0.3 is 0 Å². The zero-order chi connectivity index (χ0) is 12.9. The second kappa shape index (κ2) is 6.34. The van der Waals surface area contributed by atoms with E-state index in [4.69, 9.17) is 5.26 Å². The lowest BCUT2D eigenvalue weighted by Crippen LogP contribution is -2.48. The predicted molar refractivity (Wildman–Crippen MR) is 66.3 cm³/mol. The number of nitrogens with one attached hydrogen (secondary N) is 1. The molecule has 1 fully saturated rings. The van der Waals surface area contributed by atoms with Gasteiger partial charge in [0.15, 0.2) is 0 Å². The second-order valence-electron chi connectivity index (χ2n) is 4.70. The van der Waals surface area contributed by atoms with Gasteiger partial charge in [0.05, 0.1) is 12.5 Å². The highest BCUT2D eigenvalue weighted by molar-refractivity contribution is 7.87. The van der Waals surface area contributed by atoms with Crippen LogP contribution in [-0.4, -0.2) is 31.9 Å². The highest BCUT2D eigenvalue weighted by atomic mass is 32.2. The molecule has 5 nitrogen and oxygen atoms in total. The summed E-state index contributed by atoms with van der Waals surface area (Å²) in [7, 11) is -3.42. The van der Waals surface area contributed by atoms with E-state index in [9.17, 15) is 8.42 Å². The number of hydrogen-bond donors (Lipinski definition) is 1. The Morgan fingerprint density at radius 2 is 2.29 bits per heavy atom. The number of rotatable bonds is 5. The topological polar surface area (TPSA) is 73.2 Å². The lowest BCUT2D eigenvalue weighted by Gasteiger charge is -2.31. The minimum Gasteiger partial charge on any atom is -0.198 e. The average Bonchev–Trinajstić information content (AvgIpc) is 2.28. The summed E-state index contributed by atoms with van der Waals surface area (Å²) < 4.78 is 28.3. The molecule has 2 atom stereocenters. The summed E-state index contributed by atoms with van der Waals surface area (Å²) in [6.07, 6.45) is 2.86. The summed E-state index contributed by atoms with van der Waals surface area (Å²) in [6.45, 7) is 5.11. The zero-order valence-corrected chi connectivity index (χ0v) is 11.3. The van der Waals surface area contributed by atoms with Gasteiger partial charge in [0.25, 0.3) is 10.2 Å². The van der Waals surface area contributed by atoms with Crippen molar-refractivity contribution in [3.63, 3.8) is 0 Å². The maximum Gasteiger partial charge on any atom is 0.279 e. The van der Waals surface area contributed by atoms with Crippen molar-refractivity contribution in [1.82, 2.24) is 9.03 Å². The first kappa shape index (κ1) is 14.4. The van der Waals surface area contributed by atoms with Crippen LogP contribution in [0.3, 0.4) is 0 Å². The molecule has 1 aliphatic rings. The van der Waals surface area contributed by atoms with Crippen LogP contribution in [-0.2, 0) is 10.2 Å². The van der Waals surface area contributed by atoms with E-state index < -0.39 is 10.2 Å². The Hall–Kier alpha value is -0.640. The molecule has 1 rings (SSSR count). The maximum atomic E-state index is 12.1. The molecule has 0 aliphatic carbocycles. The fourth-order valence-electron chi connectivity index (χ4n) is 2.03. The van der Waals surface area contributed by atoms with Crippen molar-refractivity contribution in [2.75, 3.05) is 13.1 Å². The molecule has 1 saturated heterocycles. The highest BCUT2D eigenvalue weighted by Gasteiger charge is 2.28. The molecule has 0 aromatic rings. The van der Waals surface area contributed by atoms with Crippen molar-refractivity contribution >= 4 is 10.2 Å². The summed E-state index contributed by atoms with van der Waals surface area (Å²) in [5, 5.41) is 8.62. The van der Waals surface area contributed by atoms with Crippen LogP contribution in [0.15, 0.2) is 0 Å². The van der Waals surface area contributed by atoms with E-state index in [2.05, 4.69) is 11.6 Å². The molecule has 98 valence electrons. The smallest absolute Gasteiger partial charge is 0.198 e. The number of nitriles is 1. The van der Waals surface area contributed by atoms with Gasteiger partial charge in [-0.15, -0.1) is 0 Å². The lowest BCUT2D eigenvalue weighted by molar-refractivity contribution is 0.276. The first-order valence-corrected chi connectivity index (χ1v) is 7.58. The number of piperidine rings is 1. The van der Waals surface area contributed by atoms with Crippen molar-refractivity contribution in [2.24, 2.45) is 5.92 Å². The van der Waals surface area contributed by atoms with Gasteiger partial charge in [-0.25, -0.2) is 0 Å². The van der Waals surface area contributed by atoms with Gasteiger partial charge in [0.2, 0.25) is 0 Å². The molecule has 1 heterocycles. The van der Waals surface area contributed by atoms with Crippen LogP contribution in [0, 0.1) is 17.2 Å². The van der Waals surface area contributed by atoms with Gasteiger partial charge in [0.1, 0.15) is 0 Å². The van der Waals surface area contributed by atoms with Crippen molar-refractivity contribution in [3.05, 3.63) is 0 Å². The molecule has 1 N–H and O–H groups in total. The molecule has 2 unspecified atom stereocenters. The minimum absolute atomic E-state index is 0.221. The largest absolute Gasteiger partial charge is 0.279 e. The maximum absolute atomic E-state index is 12.1. The van der Waals surface area contributed by atoms with Gasteiger partial charge in [-0.2, -0.15) is 22.7 Å². The summed E-state index contributed by atoms with van der Waals surface area (Å²) in [5.74, 6) is 0.413. The molecule has 0 amide bonds.